The molecule has 1 aliphatic carbocycles. The molecular weight excluding hydrogens is 396 g/mol. The summed E-state index contributed by atoms with van der Waals surface area (Å²) in [6.07, 6.45) is 4.98. The number of non-ortho nitro benzene ring substituents is 1. The van der Waals surface area contributed by atoms with E-state index in [9.17, 15) is 29.8 Å². The molecule has 1 aliphatic heterocycles. The van der Waals surface area contributed by atoms with Crippen LogP contribution in [0.5, 0.6) is 0 Å². The molecule has 0 radical (unpaired) electrons. The molecule has 1 aromatic rings. The molecule has 1 saturated carbocycles. The predicted molar refractivity (Wildman–Crippen MR) is 106 cm³/mol. The lowest BCUT2D eigenvalue weighted by Gasteiger charge is -2.36. The molecule has 0 N–H and O–H groups in total. The molecule has 1 amide bonds. The zero-order valence-corrected chi connectivity index (χ0v) is 16.7. The minimum atomic E-state index is -0.892. The minimum Gasteiger partial charge on any atom is -0.465 e. The van der Waals surface area contributed by atoms with E-state index in [0.717, 1.165) is 44.9 Å². The normalized spacial score (nSPS) is 17.1. The molecule has 162 valence electrons. The van der Waals surface area contributed by atoms with Gasteiger partial charge in [-0.2, -0.15) is 0 Å². The number of methoxy groups -OCH3 is 1. The molecule has 0 unspecified atom stereocenters. The van der Waals surface area contributed by atoms with Gasteiger partial charge in [-0.3, -0.25) is 25.0 Å². The van der Waals surface area contributed by atoms with Crippen molar-refractivity contribution in [2.45, 2.75) is 32.1 Å². The summed E-state index contributed by atoms with van der Waals surface area (Å²) < 4.78 is 4.70. The quantitative estimate of drug-likeness (QED) is 0.389. The molecule has 0 bridgehead atoms. The number of esters is 1. The molecule has 1 aromatic carbocycles. The second-order valence-electron chi connectivity index (χ2n) is 7.59. The molecule has 0 spiro atoms. The summed E-state index contributed by atoms with van der Waals surface area (Å²) >= 11 is 0. The number of piperazine rings is 1. The zero-order valence-electron chi connectivity index (χ0n) is 16.7. The van der Waals surface area contributed by atoms with E-state index in [0.29, 0.717) is 25.4 Å². The van der Waals surface area contributed by atoms with Gasteiger partial charge in [-0.25, -0.2) is 4.79 Å². The maximum Gasteiger partial charge on any atom is 0.340 e. The van der Waals surface area contributed by atoms with Crippen LogP contribution in [0.1, 0.15) is 42.5 Å². The molecule has 1 heterocycles. The van der Waals surface area contributed by atoms with Gasteiger partial charge in [0.1, 0.15) is 5.69 Å². The fraction of sp³-hybridized carbons (Fsp3) is 0.579. The second-order valence-corrected chi connectivity index (χ2v) is 7.59. The van der Waals surface area contributed by atoms with Gasteiger partial charge >= 0.3 is 5.97 Å². The van der Waals surface area contributed by atoms with Crippen molar-refractivity contribution in [3.05, 3.63) is 37.9 Å². The number of hydrogen-bond donors (Lipinski definition) is 0. The summed E-state index contributed by atoms with van der Waals surface area (Å²) in [5, 5.41) is 22.8. The third-order valence-corrected chi connectivity index (χ3v) is 5.77. The Hall–Kier alpha value is -3.24. The van der Waals surface area contributed by atoms with Gasteiger partial charge in [0.05, 0.1) is 28.6 Å². The van der Waals surface area contributed by atoms with Crippen molar-refractivity contribution < 1.29 is 24.2 Å². The van der Waals surface area contributed by atoms with Crippen molar-refractivity contribution in [2.24, 2.45) is 5.92 Å². The first-order valence-corrected chi connectivity index (χ1v) is 9.89. The molecular formula is C19H24N4O7. The summed E-state index contributed by atoms with van der Waals surface area (Å²) in [4.78, 5) is 49.4. The molecule has 0 aromatic heterocycles. The maximum absolute atomic E-state index is 12.6. The number of nitro groups is 2. The second kappa shape index (κ2) is 9.06. The SMILES string of the molecule is COC(=O)c1cc([N+](=O)[O-])cc([N+](=O)[O-])c1N1CCN(C(=O)CC2CCCC2)CC1. The topological polar surface area (TPSA) is 136 Å². The summed E-state index contributed by atoms with van der Waals surface area (Å²) in [6.45, 7) is 1.28. The van der Waals surface area contributed by atoms with Crippen LogP contribution in [0.25, 0.3) is 0 Å². The molecule has 30 heavy (non-hydrogen) atoms. The smallest absolute Gasteiger partial charge is 0.340 e. The Labute approximate surface area is 172 Å². The van der Waals surface area contributed by atoms with Crippen molar-refractivity contribution >= 4 is 28.9 Å². The van der Waals surface area contributed by atoms with Gasteiger partial charge in [0, 0.05) is 38.7 Å². The molecule has 1 saturated heterocycles. The Morgan fingerprint density at radius 3 is 2.23 bits per heavy atom. The highest BCUT2D eigenvalue weighted by Crippen LogP contribution is 2.37. The van der Waals surface area contributed by atoms with Gasteiger partial charge in [-0.1, -0.05) is 12.8 Å². The zero-order chi connectivity index (χ0) is 21.8. The van der Waals surface area contributed by atoms with E-state index >= 15 is 0 Å². The number of nitrogens with zero attached hydrogens (tertiary/aromatic N) is 4. The lowest BCUT2D eigenvalue weighted by molar-refractivity contribution is -0.393. The number of benzene rings is 1. The van der Waals surface area contributed by atoms with Crippen LogP contribution in [0.3, 0.4) is 0 Å². The van der Waals surface area contributed by atoms with Gasteiger partial charge in [-0.05, 0) is 18.8 Å². The molecule has 2 aliphatic rings. The van der Waals surface area contributed by atoms with Crippen LogP contribution in [-0.2, 0) is 9.53 Å². The summed E-state index contributed by atoms with van der Waals surface area (Å²) in [7, 11) is 1.11. The van der Waals surface area contributed by atoms with E-state index in [1.54, 1.807) is 9.80 Å². The van der Waals surface area contributed by atoms with Crippen LogP contribution in [0.15, 0.2) is 12.1 Å². The third kappa shape index (κ3) is 4.50. The van der Waals surface area contributed by atoms with Crippen molar-refractivity contribution in [1.29, 1.82) is 0 Å². The first-order chi connectivity index (χ1) is 14.3. The number of nitro benzene ring substituents is 2. The Morgan fingerprint density at radius 2 is 1.70 bits per heavy atom. The largest absolute Gasteiger partial charge is 0.465 e. The minimum absolute atomic E-state index is 0.0136. The van der Waals surface area contributed by atoms with Crippen molar-refractivity contribution in [3.63, 3.8) is 0 Å². The summed E-state index contributed by atoms with van der Waals surface area (Å²) in [5.41, 5.74) is -1.34. The summed E-state index contributed by atoms with van der Waals surface area (Å²) in [5.74, 6) is -0.387. The van der Waals surface area contributed by atoms with E-state index in [2.05, 4.69) is 0 Å². The van der Waals surface area contributed by atoms with Crippen LogP contribution < -0.4 is 4.90 Å². The van der Waals surface area contributed by atoms with E-state index in [1.165, 1.54) is 0 Å². The fourth-order valence-electron chi connectivity index (χ4n) is 4.22. The third-order valence-electron chi connectivity index (χ3n) is 5.77. The molecule has 11 heteroatoms. The van der Waals surface area contributed by atoms with Crippen molar-refractivity contribution in [2.75, 3.05) is 38.2 Å². The highest BCUT2D eigenvalue weighted by atomic mass is 16.6. The Morgan fingerprint density at radius 1 is 1.07 bits per heavy atom. The van der Waals surface area contributed by atoms with Crippen LogP contribution in [0, 0.1) is 26.1 Å². The number of hydrogen-bond acceptors (Lipinski definition) is 8. The van der Waals surface area contributed by atoms with E-state index < -0.39 is 27.2 Å². The first-order valence-electron chi connectivity index (χ1n) is 9.89. The number of carbonyl (C=O) groups excluding carboxylic acids is 2. The average molecular weight is 420 g/mol. The maximum atomic E-state index is 12.6. The average Bonchev–Trinajstić information content (AvgIpc) is 3.25. The molecule has 2 fully saturated rings. The molecule has 0 atom stereocenters. The predicted octanol–water partition coefficient (Wildman–Crippen LogP) is 2.52. The number of amides is 1. The lowest BCUT2D eigenvalue weighted by atomic mass is 10.0. The van der Waals surface area contributed by atoms with Gasteiger partial charge < -0.3 is 14.5 Å². The van der Waals surface area contributed by atoms with Gasteiger partial charge in [0.25, 0.3) is 11.4 Å². The highest BCUT2D eigenvalue weighted by Gasteiger charge is 2.34. The summed E-state index contributed by atoms with van der Waals surface area (Å²) in [6, 6.07) is 1.84. The van der Waals surface area contributed by atoms with Crippen molar-refractivity contribution in [1.82, 2.24) is 4.90 Å². The Kier molecular flexibility index (Phi) is 6.48. The van der Waals surface area contributed by atoms with E-state index in [1.807, 2.05) is 0 Å². The van der Waals surface area contributed by atoms with Crippen LogP contribution >= 0.6 is 0 Å². The monoisotopic (exact) mass is 420 g/mol. The van der Waals surface area contributed by atoms with Crippen LogP contribution in [0.2, 0.25) is 0 Å². The standard InChI is InChI=1S/C19H24N4O7/c1-30-19(25)15-11-14(22(26)27)12-16(23(28)29)18(15)21-8-6-20(7-9-21)17(24)10-13-4-2-3-5-13/h11-13H,2-10H2,1H3. The van der Waals surface area contributed by atoms with Crippen LogP contribution in [-0.4, -0.2) is 59.9 Å². The van der Waals surface area contributed by atoms with Gasteiger partial charge in [-0.15, -0.1) is 0 Å². The first kappa shape index (κ1) is 21.5. The Bertz CT molecular complexity index is 859. The number of anilines is 1. The van der Waals surface area contributed by atoms with E-state index in [4.69, 9.17) is 4.74 Å². The molecule has 11 nitrogen and oxygen atoms in total. The molecule has 3 rings (SSSR count). The Balaban J connectivity index is 1.83. The lowest BCUT2D eigenvalue weighted by Crippen LogP contribution is -2.49. The highest BCUT2D eigenvalue weighted by molar-refractivity contribution is 5.99. The van der Waals surface area contributed by atoms with Crippen molar-refractivity contribution in [3.8, 4) is 0 Å². The van der Waals surface area contributed by atoms with Gasteiger partial charge in [0.15, 0.2) is 0 Å². The number of carbonyl (C=O) groups is 2. The number of rotatable bonds is 6. The van der Waals surface area contributed by atoms with Crippen LogP contribution in [0.4, 0.5) is 17.1 Å². The fourth-order valence-corrected chi connectivity index (χ4v) is 4.22. The number of ether oxygens (including phenoxy) is 1. The van der Waals surface area contributed by atoms with Gasteiger partial charge in [0.2, 0.25) is 5.91 Å². The van der Waals surface area contributed by atoms with E-state index in [-0.39, 0.29) is 30.2 Å².